The third kappa shape index (κ3) is 17.3. The van der Waals surface area contributed by atoms with Gasteiger partial charge in [-0.25, -0.2) is 0 Å². The van der Waals surface area contributed by atoms with E-state index in [2.05, 4.69) is 26.5 Å². The molecule has 1 aliphatic heterocycles. The molecule has 0 radical (unpaired) electrons. The minimum atomic E-state index is -0.581. The van der Waals surface area contributed by atoms with Gasteiger partial charge in [0.1, 0.15) is 6.61 Å². The zero-order valence-corrected chi connectivity index (χ0v) is 12.7. The Morgan fingerprint density at radius 1 is 1.11 bits per heavy atom. The highest BCUT2D eigenvalue weighted by Crippen LogP contribution is 1.99. The molecule has 1 saturated heterocycles. The average Bonchev–Trinajstić information content (AvgIpc) is 3.06. The van der Waals surface area contributed by atoms with Crippen molar-refractivity contribution < 1.29 is 13.5 Å². The van der Waals surface area contributed by atoms with E-state index in [1.807, 2.05) is 12.1 Å². The molecule has 1 aromatic heterocycles. The van der Waals surface area contributed by atoms with Crippen molar-refractivity contribution in [3.63, 3.8) is 0 Å². The summed E-state index contributed by atoms with van der Waals surface area (Å²) in [4.78, 5) is 0. The highest BCUT2D eigenvalue weighted by molar-refractivity contribution is 7.17. The maximum atomic E-state index is 9.70. The van der Waals surface area contributed by atoms with Crippen LogP contribution < -0.4 is 10.6 Å². The van der Waals surface area contributed by atoms with Gasteiger partial charge in [-0.1, -0.05) is 19.8 Å². The van der Waals surface area contributed by atoms with Crippen LogP contribution in [0.5, 0.6) is 0 Å². The lowest BCUT2D eigenvalue weighted by molar-refractivity contribution is 0.330. The molecule has 0 aliphatic carbocycles. The molecule has 5 nitrogen and oxygen atoms in total. The molecular weight excluding hydrogens is 263 g/mol. The van der Waals surface area contributed by atoms with Gasteiger partial charge < -0.3 is 15.1 Å². The number of unbranched alkanes of at least 4 members (excludes halogenated alkanes) is 2. The van der Waals surface area contributed by atoms with E-state index in [0.29, 0.717) is 6.61 Å². The van der Waals surface area contributed by atoms with Gasteiger partial charge in [0.15, 0.2) is 0 Å². The average molecular weight is 289 g/mol. The molecule has 6 heteroatoms. The molecule has 1 atom stereocenters. The Bertz CT molecular complexity index is 226. The molecule has 2 heterocycles. The molecule has 0 bridgehead atoms. The van der Waals surface area contributed by atoms with E-state index in [-0.39, 0.29) is 0 Å². The highest BCUT2D eigenvalue weighted by atomic mass is 31.1. The highest BCUT2D eigenvalue weighted by Gasteiger charge is 1.91. The number of hydrogen-bond donors (Lipinski definition) is 2. The monoisotopic (exact) mass is 289 g/mol. The molecule has 0 amide bonds. The SMILES string of the molecule is C1CNCCN1.CCCCCO[PH+]=O.c1ccoc1. The second kappa shape index (κ2) is 17.3. The van der Waals surface area contributed by atoms with Crippen LogP contribution in [0.4, 0.5) is 0 Å². The Balaban J connectivity index is 0.000000262. The van der Waals surface area contributed by atoms with E-state index in [1.54, 1.807) is 12.5 Å². The quantitative estimate of drug-likeness (QED) is 0.644. The first-order chi connectivity index (χ1) is 9.41. The predicted molar refractivity (Wildman–Crippen MR) is 78.9 cm³/mol. The van der Waals surface area contributed by atoms with E-state index >= 15 is 0 Å². The smallest absolute Gasteiger partial charge is 0.473 e. The van der Waals surface area contributed by atoms with Crippen LogP contribution in [0, 0.1) is 0 Å². The molecule has 2 rings (SSSR count). The van der Waals surface area contributed by atoms with E-state index in [9.17, 15) is 4.57 Å². The molecule has 1 unspecified atom stereocenters. The van der Waals surface area contributed by atoms with Gasteiger partial charge >= 0.3 is 8.69 Å². The minimum absolute atomic E-state index is 0.581. The van der Waals surface area contributed by atoms with Gasteiger partial charge in [-0.15, -0.1) is 4.52 Å². The third-order valence-corrected chi connectivity index (χ3v) is 2.61. The van der Waals surface area contributed by atoms with Crippen molar-refractivity contribution >= 4 is 8.69 Å². The Hall–Kier alpha value is -0.740. The molecule has 19 heavy (non-hydrogen) atoms. The van der Waals surface area contributed by atoms with E-state index in [1.165, 1.54) is 12.8 Å². The van der Waals surface area contributed by atoms with Crippen LogP contribution in [0.1, 0.15) is 26.2 Å². The zero-order chi connectivity index (χ0) is 14.0. The summed E-state index contributed by atoms with van der Waals surface area (Å²) >= 11 is 0. The molecule has 2 N–H and O–H groups in total. The Kier molecular flexibility index (Phi) is 16.6. The molecule has 0 aromatic carbocycles. The molecule has 1 fully saturated rings. The Morgan fingerprint density at radius 3 is 2.00 bits per heavy atom. The maximum absolute atomic E-state index is 9.70. The largest absolute Gasteiger partial charge is 0.494 e. The fourth-order valence-corrected chi connectivity index (χ4v) is 1.52. The van der Waals surface area contributed by atoms with Crippen molar-refractivity contribution in [2.45, 2.75) is 26.2 Å². The van der Waals surface area contributed by atoms with Crippen molar-refractivity contribution in [1.29, 1.82) is 0 Å². The fourth-order valence-electron chi connectivity index (χ4n) is 1.30. The molecule has 1 aliphatic rings. The maximum Gasteiger partial charge on any atom is 0.494 e. The molecule has 0 spiro atoms. The zero-order valence-electron chi connectivity index (χ0n) is 11.7. The normalized spacial score (nSPS) is 13.9. The second-order valence-electron chi connectivity index (χ2n) is 3.93. The van der Waals surface area contributed by atoms with Crippen LogP contribution in [0.25, 0.3) is 0 Å². The van der Waals surface area contributed by atoms with Crippen molar-refractivity contribution in [1.82, 2.24) is 10.6 Å². The molecule has 110 valence electrons. The summed E-state index contributed by atoms with van der Waals surface area (Å²) < 4.78 is 18.9. The van der Waals surface area contributed by atoms with Gasteiger partial charge in [0.25, 0.3) is 0 Å². The summed E-state index contributed by atoms with van der Waals surface area (Å²) in [5.41, 5.74) is 0. The van der Waals surface area contributed by atoms with Gasteiger partial charge in [0, 0.05) is 26.2 Å². The summed E-state index contributed by atoms with van der Waals surface area (Å²) in [5.74, 6) is 0. The summed E-state index contributed by atoms with van der Waals surface area (Å²) in [5, 5.41) is 6.44. The topological polar surface area (TPSA) is 63.5 Å². The Morgan fingerprint density at radius 2 is 1.68 bits per heavy atom. The first-order valence-electron chi connectivity index (χ1n) is 6.79. The van der Waals surface area contributed by atoms with Gasteiger partial charge in [-0.2, -0.15) is 0 Å². The van der Waals surface area contributed by atoms with Crippen LogP contribution in [-0.4, -0.2) is 32.8 Å². The number of furan rings is 1. The molecule has 0 saturated carbocycles. The number of rotatable bonds is 5. The van der Waals surface area contributed by atoms with Gasteiger partial charge in [-0.3, -0.25) is 0 Å². The van der Waals surface area contributed by atoms with Crippen molar-refractivity contribution in [2.75, 3.05) is 32.8 Å². The summed E-state index contributed by atoms with van der Waals surface area (Å²) in [6, 6.07) is 3.67. The first-order valence-corrected chi connectivity index (χ1v) is 7.61. The van der Waals surface area contributed by atoms with Gasteiger partial charge in [0.05, 0.1) is 12.5 Å². The van der Waals surface area contributed by atoms with Gasteiger partial charge in [0.2, 0.25) is 0 Å². The van der Waals surface area contributed by atoms with Crippen LogP contribution in [0.2, 0.25) is 0 Å². The standard InChI is InChI=1S/C5H12O2P.C4H10N2.C4H4O/c1-2-3-4-5-7-8-6;1-2-6-4-3-5-1;1-2-4-5-3-1/h8H,2-5H2,1H3;5-6H,1-4H2;1-4H/q+1;;. The molecule has 1 aromatic rings. The fraction of sp³-hybridized carbons (Fsp3) is 0.692. The van der Waals surface area contributed by atoms with Gasteiger partial charge in [-0.05, 0) is 23.1 Å². The lowest BCUT2D eigenvalue weighted by Crippen LogP contribution is -2.39. The molecular formula is C13H26N2O3P+. The minimum Gasteiger partial charge on any atom is -0.473 e. The second-order valence-corrected chi connectivity index (χ2v) is 4.39. The van der Waals surface area contributed by atoms with E-state index in [4.69, 9.17) is 0 Å². The van der Waals surface area contributed by atoms with Crippen molar-refractivity contribution in [3.05, 3.63) is 24.7 Å². The van der Waals surface area contributed by atoms with Crippen LogP contribution >= 0.6 is 8.69 Å². The Labute approximate surface area is 117 Å². The lowest BCUT2D eigenvalue weighted by Gasteiger charge is -2.11. The van der Waals surface area contributed by atoms with E-state index < -0.39 is 8.69 Å². The third-order valence-electron chi connectivity index (χ3n) is 2.29. The number of hydrogen-bond acceptors (Lipinski definition) is 5. The first kappa shape index (κ1) is 18.3. The van der Waals surface area contributed by atoms with Crippen LogP contribution in [-0.2, 0) is 9.09 Å². The summed E-state index contributed by atoms with van der Waals surface area (Å²) in [6.45, 7) is 7.33. The number of nitrogens with one attached hydrogen (secondary N) is 2. The summed E-state index contributed by atoms with van der Waals surface area (Å²) in [6.07, 6.45) is 6.64. The predicted octanol–water partition coefficient (Wildman–Crippen LogP) is 2.59. The van der Waals surface area contributed by atoms with E-state index in [0.717, 1.165) is 32.6 Å². The number of piperazine rings is 1. The van der Waals surface area contributed by atoms with Crippen LogP contribution in [0.15, 0.2) is 29.1 Å². The summed E-state index contributed by atoms with van der Waals surface area (Å²) in [7, 11) is -0.581. The van der Waals surface area contributed by atoms with Crippen molar-refractivity contribution in [3.8, 4) is 0 Å². The lowest BCUT2D eigenvalue weighted by atomic mass is 10.3. The van der Waals surface area contributed by atoms with Crippen molar-refractivity contribution in [2.24, 2.45) is 0 Å². The van der Waals surface area contributed by atoms with Crippen LogP contribution in [0.3, 0.4) is 0 Å².